The van der Waals surface area contributed by atoms with Crippen LogP contribution in [0.5, 0.6) is 0 Å². The molecule has 2 amide bonds. The van der Waals surface area contributed by atoms with Crippen molar-refractivity contribution in [1.29, 1.82) is 0 Å². The number of ether oxygens (including phenoxy) is 1. The second-order valence-corrected chi connectivity index (χ2v) is 6.12. The van der Waals surface area contributed by atoms with Crippen LogP contribution in [-0.4, -0.2) is 29.0 Å². The largest absolute Gasteiger partial charge is 0.458 e. The lowest BCUT2D eigenvalue weighted by Gasteiger charge is -2.09. The lowest BCUT2D eigenvalue weighted by Crippen LogP contribution is -2.33. The van der Waals surface area contributed by atoms with Gasteiger partial charge in [0.25, 0.3) is 0 Å². The molecule has 0 radical (unpaired) electrons. The van der Waals surface area contributed by atoms with Gasteiger partial charge in [-0.2, -0.15) is 13.2 Å². The first kappa shape index (κ1) is 19.1. The molecule has 0 bridgehead atoms. The summed E-state index contributed by atoms with van der Waals surface area (Å²) in [5, 5.41) is 9.86. The Morgan fingerprint density at radius 2 is 2.11 bits per heavy atom. The third-order valence-corrected chi connectivity index (χ3v) is 4.17. The molecule has 1 aromatic heterocycles. The Morgan fingerprint density at radius 3 is 2.81 bits per heavy atom. The second kappa shape index (κ2) is 7.50. The van der Waals surface area contributed by atoms with Crippen molar-refractivity contribution < 1.29 is 32.3 Å². The van der Waals surface area contributed by atoms with Gasteiger partial charge < -0.3 is 14.9 Å². The molecule has 1 unspecified atom stereocenters. The van der Waals surface area contributed by atoms with Crippen molar-refractivity contribution in [2.75, 3.05) is 6.54 Å². The van der Waals surface area contributed by atoms with Crippen LogP contribution < -0.4 is 5.73 Å². The minimum Gasteiger partial charge on any atom is -0.458 e. The standard InChI is InChI=1S/C18H17F3N2O4/c19-18(20,21)12-4-6-14-11(9-12)10-16(27-14)15-7-5-13(26-15)3-1-2-8-23(25)17(22)24/h4,6,9-10,13,15,25H,2,5,7-8H2,(H2,22,24)/t13?,15-/m1/s1. The Kier molecular flexibility index (Phi) is 5.30. The molecule has 0 aliphatic carbocycles. The van der Waals surface area contributed by atoms with E-state index in [1.807, 2.05) is 0 Å². The number of urea groups is 1. The molecule has 144 valence electrons. The third kappa shape index (κ3) is 4.53. The molecule has 2 heterocycles. The van der Waals surface area contributed by atoms with E-state index in [2.05, 4.69) is 11.8 Å². The number of nitrogens with two attached hydrogens (primary N) is 1. The maximum absolute atomic E-state index is 12.8. The summed E-state index contributed by atoms with van der Waals surface area (Å²) in [5.74, 6) is 6.14. The maximum Gasteiger partial charge on any atom is 0.416 e. The minimum atomic E-state index is -4.41. The highest BCUT2D eigenvalue weighted by Crippen LogP contribution is 2.37. The molecule has 6 nitrogen and oxygen atoms in total. The molecule has 1 saturated heterocycles. The molecule has 1 fully saturated rings. The molecule has 1 aliphatic heterocycles. The van der Waals surface area contributed by atoms with E-state index in [1.54, 1.807) is 6.07 Å². The number of benzene rings is 1. The number of primary amides is 1. The number of carbonyl (C=O) groups excluding carboxylic acids is 1. The Bertz CT molecular complexity index is 897. The van der Waals surface area contributed by atoms with Crippen molar-refractivity contribution in [2.45, 2.75) is 37.6 Å². The number of hydrogen-bond donors (Lipinski definition) is 2. The zero-order valence-electron chi connectivity index (χ0n) is 14.1. The van der Waals surface area contributed by atoms with Gasteiger partial charge in [-0.15, -0.1) is 0 Å². The van der Waals surface area contributed by atoms with Gasteiger partial charge in [0.1, 0.15) is 23.6 Å². The lowest BCUT2D eigenvalue weighted by molar-refractivity contribution is -0.137. The summed E-state index contributed by atoms with van der Waals surface area (Å²) in [6.07, 6.45) is -3.65. The SMILES string of the molecule is NC(=O)N(O)CCC#CC1CC[C@H](c2cc3cc(C(F)(F)F)ccc3o2)O1. The van der Waals surface area contributed by atoms with Crippen molar-refractivity contribution >= 4 is 17.0 Å². The number of nitrogens with zero attached hydrogens (tertiary/aromatic N) is 1. The topological polar surface area (TPSA) is 88.9 Å². The Morgan fingerprint density at radius 1 is 1.33 bits per heavy atom. The van der Waals surface area contributed by atoms with Crippen molar-refractivity contribution in [2.24, 2.45) is 5.73 Å². The first-order chi connectivity index (χ1) is 12.7. The van der Waals surface area contributed by atoms with Crippen molar-refractivity contribution in [1.82, 2.24) is 5.06 Å². The van der Waals surface area contributed by atoms with Crippen LogP contribution in [0.2, 0.25) is 0 Å². The number of halogens is 3. The minimum absolute atomic E-state index is 0.0103. The Hall–Kier alpha value is -2.70. The van der Waals surface area contributed by atoms with Gasteiger partial charge >= 0.3 is 12.2 Å². The zero-order chi connectivity index (χ0) is 19.6. The van der Waals surface area contributed by atoms with Gasteiger partial charge in [0.15, 0.2) is 0 Å². The van der Waals surface area contributed by atoms with Gasteiger partial charge in [0.05, 0.1) is 12.1 Å². The van der Waals surface area contributed by atoms with Crippen LogP contribution in [0.4, 0.5) is 18.0 Å². The van der Waals surface area contributed by atoms with Crippen LogP contribution in [0.25, 0.3) is 11.0 Å². The van der Waals surface area contributed by atoms with E-state index in [9.17, 15) is 18.0 Å². The van der Waals surface area contributed by atoms with Crippen molar-refractivity contribution in [3.05, 3.63) is 35.6 Å². The smallest absolute Gasteiger partial charge is 0.416 e. The average molecular weight is 382 g/mol. The van der Waals surface area contributed by atoms with Crippen molar-refractivity contribution in [3.8, 4) is 11.8 Å². The maximum atomic E-state index is 12.8. The van der Waals surface area contributed by atoms with E-state index in [0.29, 0.717) is 34.6 Å². The van der Waals surface area contributed by atoms with Gasteiger partial charge in [0, 0.05) is 11.8 Å². The molecular formula is C18H17F3N2O4. The quantitative estimate of drug-likeness (QED) is 0.480. The summed E-state index contributed by atoms with van der Waals surface area (Å²) in [5.41, 5.74) is 4.52. The molecule has 0 spiro atoms. The number of rotatable bonds is 3. The second-order valence-electron chi connectivity index (χ2n) is 6.12. The van der Waals surface area contributed by atoms with Crippen LogP contribution >= 0.6 is 0 Å². The normalized spacial score (nSPS) is 19.7. The number of amides is 2. The summed E-state index contributed by atoms with van der Waals surface area (Å²) >= 11 is 0. The van der Waals surface area contributed by atoms with E-state index < -0.39 is 17.8 Å². The number of alkyl halides is 3. The summed E-state index contributed by atoms with van der Waals surface area (Å²) in [6.45, 7) is -0.0103. The van der Waals surface area contributed by atoms with Crippen LogP contribution in [-0.2, 0) is 10.9 Å². The summed E-state index contributed by atoms with van der Waals surface area (Å²) in [4.78, 5) is 10.7. The predicted molar refractivity (Wildman–Crippen MR) is 88.5 cm³/mol. The van der Waals surface area contributed by atoms with Crippen LogP contribution in [0.15, 0.2) is 28.7 Å². The highest BCUT2D eigenvalue weighted by Gasteiger charge is 2.32. The molecular weight excluding hydrogens is 365 g/mol. The fourth-order valence-corrected chi connectivity index (χ4v) is 2.81. The third-order valence-electron chi connectivity index (χ3n) is 4.17. The van der Waals surface area contributed by atoms with Gasteiger partial charge in [-0.3, -0.25) is 5.21 Å². The molecule has 0 saturated carbocycles. The number of carbonyl (C=O) groups is 1. The van der Waals surface area contributed by atoms with Crippen LogP contribution in [0, 0.1) is 11.8 Å². The number of fused-ring (bicyclic) bond motifs is 1. The van der Waals surface area contributed by atoms with E-state index in [-0.39, 0.29) is 25.2 Å². The van der Waals surface area contributed by atoms with E-state index in [4.69, 9.17) is 20.1 Å². The highest BCUT2D eigenvalue weighted by atomic mass is 19.4. The molecule has 1 aliphatic rings. The van der Waals surface area contributed by atoms with Crippen LogP contribution in [0.1, 0.15) is 36.7 Å². The number of hydrogen-bond acceptors (Lipinski definition) is 4. The highest BCUT2D eigenvalue weighted by molar-refractivity contribution is 5.79. The fraction of sp³-hybridized carbons (Fsp3) is 0.389. The molecule has 9 heteroatoms. The van der Waals surface area contributed by atoms with Gasteiger partial charge in [-0.05, 0) is 37.1 Å². The molecule has 2 atom stereocenters. The van der Waals surface area contributed by atoms with Gasteiger partial charge in [0.2, 0.25) is 0 Å². The van der Waals surface area contributed by atoms with E-state index in [1.165, 1.54) is 6.07 Å². The summed E-state index contributed by atoms with van der Waals surface area (Å²) in [7, 11) is 0. The van der Waals surface area contributed by atoms with E-state index in [0.717, 1.165) is 12.1 Å². The molecule has 3 N–H and O–H groups in total. The van der Waals surface area contributed by atoms with Crippen molar-refractivity contribution in [3.63, 3.8) is 0 Å². The molecule has 27 heavy (non-hydrogen) atoms. The van der Waals surface area contributed by atoms with E-state index >= 15 is 0 Å². The Labute approximate surface area is 152 Å². The number of furan rings is 1. The average Bonchev–Trinajstić information content (AvgIpc) is 3.23. The first-order valence-corrected chi connectivity index (χ1v) is 8.24. The van der Waals surface area contributed by atoms with Crippen LogP contribution in [0.3, 0.4) is 0 Å². The van der Waals surface area contributed by atoms with Gasteiger partial charge in [-0.25, -0.2) is 9.86 Å². The Balaban J connectivity index is 1.63. The summed E-state index contributed by atoms with van der Waals surface area (Å²) in [6, 6.07) is 3.94. The zero-order valence-corrected chi connectivity index (χ0v) is 14.1. The fourth-order valence-electron chi connectivity index (χ4n) is 2.81. The molecule has 2 aromatic rings. The number of hydroxylamine groups is 2. The monoisotopic (exact) mass is 382 g/mol. The van der Waals surface area contributed by atoms with Gasteiger partial charge in [-0.1, -0.05) is 11.8 Å². The summed E-state index contributed by atoms with van der Waals surface area (Å²) < 4.78 is 49.8. The lowest BCUT2D eigenvalue weighted by atomic mass is 10.1. The first-order valence-electron chi connectivity index (χ1n) is 8.24. The molecule has 1 aromatic carbocycles. The molecule has 3 rings (SSSR count). The predicted octanol–water partition coefficient (Wildman–Crippen LogP) is 3.84.